The first-order valence-corrected chi connectivity index (χ1v) is 9.11. The van der Waals surface area contributed by atoms with Crippen molar-refractivity contribution in [3.63, 3.8) is 0 Å². The molecule has 23 heavy (non-hydrogen) atoms. The number of alkyl halides is 5. The van der Waals surface area contributed by atoms with Gasteiger partial charge in [0.25, 0.3) is 10.1 Å². The number of halogens is 5. The van der Waals surface area contributed by atoms with Gasteiger partial charge in [-0.1, -0.05) is 0 Å². The zero-order valence-electron chi connectivity index (χ0n) is 12.4. The number of nitrogens with one attached hydrogen (secondary N) is 1. The predicted octanol–water partition coefficient (Wildman–Crippen LogP) is 2.48. The number of amides is 1. The van der Waals surface area contributed by atoms with Crippen molar-refractivity contribution in [2.75, 3.05) is 17.3 Å². The van der Waals surface area contributed by atoms with Crippen LogP contribution in [0, 0.1) is 0 Å². The number of hydrogen-bond acceptors (Lipinski definition) is 4. The third-order valence-electron chi connectivity index (χ3n) is 2.47. The average Bonchev–Trinajstić information content (AvgIpc) is 2.21. The van der Waals surface area contributed by atoms with E-state index in [1.807, 2.05) is 0 Å². The summed E-state index contributed by atoms with van der Waals surface area (Å²) in [5, 5.41) is 2.32. The molecule has 12 heteroatoms. The normalized spacial score (nSPS) is 13.9. The minimum Gasteiger partial charge on any atom is -0.350 e. The summed E-state index contributed by atoms with van der Waals surface area (Å²) >= 11 is 0.755. The Morgan fingerprint density at radius 2 is 1.65 bits per heavy atom. The van der Waals surface area contributed by atoms with Crippen LogP contribution in [0.1, 0.15) is 26.7 Å². The highest BCUT2D eigenvalue weighted by Crippen LogP contribution is 2.38. The number of thioether (sulfide) groups is 1. The highest BCUT2D eigenvalue weighted by molar-refractivity contribution is 7.99. The highest BCUT2D eigenvalue weighted by Gasteiger charge is 2.56. The van der Waals surface area contributed by atoms with Crippen LogP contribution in [0.3, 0.4) is 0 Å². The molecule has 1 amide bonds. The summed E-state index contributed by atoms with van der Waals surface area (Å²) < 4.78 is 91.1. The van der Waals surface area contributed by atoms with Gasteiger partial charge in [0.1, 0.15) is 0 Å². The van der Waals surface area contributed by atoms with Gasteiger partial charge in [-0.15, -0.1) is 0 Å². The minimum absolute atomic E-state index is 0.00171. The summed E-state index contributed by atoms with van der Waals surface area (Å²) in [6, 6.07) is 0. The fourth-order valence-electron chi connectivity index (χ4n) is 1.54. The Kier molecular flexibility index (Phi) is 7.75. The van der Waals surface area contributed by atoms with Crippen LogP contribution in [0.15, 0.2) is 0 Å². The van der Waals surface area contributed by atoms with Crippen LogP contribution in [0.2, 0.25) is 0 Å². The molecule has 0 saturated heterocycles. The molecule has 0 aromatic carbocycles. The summed E-state index contributed by atoms with van der Waals surface area (Å²) in [6.45, 7) is 2.71. The number of carbonyl (C=O) groups is 1. The number of carbonyl (C=O) groups excluding carboxylic acids is 1. The van der Waals surface area contributed by atoms with E-state index in [9.17, 15) is 35.2 Å². The van der Waals surface area contributed by atoms with Gasteiger partial charge < -0.3 is 5.32 Å². The van der Waals surface area contributed by atoms with E-state index in [1.54, 1.807) is 0 Å². The van der Waals surface area contributed by atoms with Crippen molar-refractivity contribution in [2.24, 2.45) is 0 Å². The second-order valence-electron chi connectivity index (χ2n) is 5.47. The Balaban J connectivity index is 4.10. The Labute approximate surface area is 135 Å². The van der Waals surface area contributed by atoms with Crippen molar-refractivity contribution < 1.29 is 39.7 Å². The van der Waals surface area contributed by atoms with Crippen LogP contribution in [0.4, 0.5) is 22.0 Å². The summed E-state index contributed by atoms with van der Waals surface area (Å²) in [7, 11) is -4.30. The first-order chi connectivity index (χ1) is 10.1. The summed E-state index contributed by atoms with van der Waals surface area (Å²) in [6.07, 6.45) is -7.15. The standard InChI is InChI=1S/C11H18F5NO4S2/c1-9(2,7-23(19,20)21)17-8(18)3-5-22-6-4-10(12,13)11(14,15)16/h3-7H2,1-2H3,(H,17,18)(H,19,20,21). The topological polar surface area (TPSA) is 83.5 Å². The zero-order valence-corrected chi connectivity index (χ0v) is 14.0. The minimum atomic E-state index is -5.59. The molecular formula is C11H18F5NO4S2. The second kappa shape index (κ2) is 7.97. The third kappa shape index (κ3) is 9.97. The first-order valence-electron chi connectivity index (χ1n) is 6.34. The van der Waals surface area contributed by atoms with E-state index in [2.05, 4.69) is 5.32 Å². The molecule has 0 aliphatic heterocycles. The van der Waals surface area contributed by atoms with E-state index in [0.29, 0.717) is 0 Å². The van der Waals surface area contributed by atoms with Crippen LogP contribution in [0.5, 0.6) is 0 Å². The zero-order chi connectivity index (χ0) is 18.5. The van der Waals surface area contributed by atoms with Crippen LogP contribution in [0.25, 0.3) is 0 Å². The predicted molar refractivity (Wildman–Crippen MR) is 76.2 cm³/mol. The lowest BCUT2D eigenvalue weighted by atomic mass is 10.1. The quantitative estimate of drug-likeness (QED) is 0.361. The average molecular weight is 387 g/mol. The Morgan fingerprint density at radius 1 is 1.13 bits per heavy atom. The van der Waals surface area contributed by atoms with Gasteiger partial charge >= 0.3 is 12.1 Å². The van der Waals surface area contributed by atoms with E-state index in [4.69, 9.17) is 4.55 Å². The van der Waals surface area contributed by atoms with E-state index in [0.717, 1.165) is 11.8 Å². The van der Waals surface area contributed by atoms with Crippen molar-refractivity contribution in [3.8, 4) is 0 Å². The molecular weight excluding hydrogens is 369 g/mol. The molecule has 0 spiro atoms. The van der Waals surface area contributed by atoms with Gasteiger partial charge in [-0.2, -0.15) is 42.1 Å². The van der Waals surface area contributed by atoms with Gasteiger partial charge in [0.05, 0.1) is 11.3 Å². The van der Waals surface area contributed by atoms with Crippen LogP contribution < -0.4 is 5.32 Å². The van der Waals surface area contributed by atoms with E-state index in [-0.39, 0.29) is 12.2 Å². The maximum atomic E-state index is 12.6. The van der Waals surface area contributed by atoms with Crippen molar-refractivity contribution in [1.82, 2.24) is 5.32 Å². The van der Waals surface area contributed by atoms with Crippen LogP contribution in [-0.2, 0) is 14.9 Å². The molecule has 5 nitrogen and oxygen atoms in total. The van der Waals surface area contributed by atoms with E-state index >= 15 is 0 Å². The Morgan fingerprint density at radius 3 is 2.09 bits per heavy atom. The van der Waals surface area contributed by atoms with Gasteiger partial charge in [0.2, 0.25) is 5.91 Å². The van der Waals surface area contributed by atoms with Gasteiger partial charge in [0.15, 0.2) is 0 Å². The molecule has 0 saturated carbocycles. The molecule has 0 aromatic heterocycles. The molecule has 0 heterocycles. The first kappa shape index (κ1) is 22.4. The molecule has 0 fully saturated rings. The molecule has 0 aromatic rings. The van der Waals surface area contributed by atoms with Gasteiger partial charge in [-0.05, 0) is 19.6 Å². The lowest BCUT2D eigenvalue weighted by molar-refractivity contribution is -0.282. The van der Waals surface area contributed by atoms with E-state index in [1.165, 1.54) is 13.8 Å². The van der Waals surface area contributed by atoms with Crippen LogP contribution >= 0.6 is 11.8 Å². The van der Waals surface area contributed by atoms with Crippen LogP contribution in [-0.4, -0.2) is 53.8 Å². The lowest BCUT2D eigenvalue weighted by Crippen LogP contribution is -2.48. The maximum absolute atomic E-state index is 12.6. The monoisotopic (exact) mass is 387 g/mol. The van der Waals surface area contributed by atoms with Gasteiger partial charge in [-0.3, -0.25) is 9.35 Å². The molecule has 0 bridgehead atoms. The van der Waals surface area contributed by atoms with Crippen molar-refractivity contribution in [2.45, 2.75) is 44.3 Å². The maximum Gasteiger partial charge on any atom is 0.453 e. The number of rotatable bonds is 9. The molecule has 0 aliphatic rings. The van der Waals surface area contributed by atoms with E-state index < -0.39 is 51.6 Å². The molecule has 2 N–H and O–H groups in total. The summed E-state index contributed by atoms with van der Waals surface area (Å²) in [5.74, 6) is -6.56. The molecule has 0 rings (SSSR count). The molecule has 0 radical (unpaired) electrons. The van der Waals surface area contributed by atoms with Gasteiger partial charge in [0, 0.05) is 18.6 Å². The molecule has 138 valence electrons. The summed E-state index contributed by atoms with van der Waals surface area (Å²) in [4.78, 5) is 11.5. The fourth-order valence-corrected chi connectivity index (χ4v) is 3.46. The largest absolute Gasteiger partial charge is 0.453 e. The Bertz CT molecular complexity index is 505. The van der Waals surface area contributed by atoms with Crippen molar-refractivity contribution in [3.05, 3.63) is 0 Å². The Hall–Kier alpha value is -0.620. The molecule has 0 aliphatic carbocycles. The van der Waals surface area contributed by atoms with Crippen molar-refractivity contribution >= 4 is 27.8 Å². The fraction of sp³-hybridized carbons (Fsp3) is 0.909. The second-order valence-corrected chi connectivity index (χ2v) is 8.15. The number of hydrogen-bond donors (Lipinski definition) is 2. The lowest BCUT2D eigenvalue weighted by Gasteiger charge is -2.24. The molecule has 0 unspecified atom stereocenters. The van der Waals surface area contributed by atoms with Gasteiger partial charge in [-0.25, -0.2) is 0 Å². The highest BCUT2D eigenvalue weighted by atomic mass is 32.2. The molecule has 0 atom stereocenters. The summed E-state index contributed by atoms with van der Waals surface area (Å²) in [5.41, 5.74) is -1.24. The smallest absolute Gasteiger partial charge is 0.350 e. The van der Waals surface area contributed by atoms with Crippen molar-refractivity contribution in [1.29, 1.82) is 0 Å². The SMILES string of the molecule is CC(C)(CS(=O)(=O)O)NC(=O)CCSCCC(F)(F)C(F)(F)F. The third-order valence-corrected chi connectivity index (χ3v) is 4.54.